The molecule has 8 nitrogen and oxygen atoms in total. The Balaban J connectivity index is 1.48. The van der Waals surface area contributed by atoms with Gasteiger partial charge in [0.25, 0.3) is 0 Å². The third-order valence-electron chi connectivity index (χ3n) is 4.31. The first-order valence-electron chi connectivity index (χ1n) is 8.35. The molecule has 128 valence electrons. The summed E-state index contributed by atoms with van der Waals surface area (Å²) in [6.07, 6.45) is 1.79. The Morgan fingerprint density at radius 1 is 1.17 bits per heavy atom. The lowest BCUT2D eigenvalue weighted by Gasteiger charge is -2.35. The molecule has 2 amide bonds. The summed E-state index contributed by atoms with van der Waals surface area (Å²) in [6.45, 7) is 8.25. The molecule has 1 aromatic heterocycles. The highest BCUT2D eigenvalue weighted by molar-refractivity contribution is 5.74. The minimum atomic E-state index is 0.0185. The van der Waals surface area contributed by atoms with Crippen molar-refractivity contribution in [3.05, 3.63) is 5.89 Å². The van der Waals surface area contributed by atoms with E-state index in [1.807, 2.05) is 23.6 Å². The summed E-state index contributed by atoms with van der Waals surface area (Å²) in [5.41, 5.74) is 0. The van der Waals surface area contributed by atoms with Gasteiger partial charge in [0.1, 0.15) is 0 Å². The minimum Gasteiger partial charge on any atom is -0.408 e. The molecular weight excluding hydrogens is 298 g/mol. The van der Waals surface area contributed by atoms with Gasteiger partial charge in [0, 0.05) is 51.4 Å². The zero-order valence-electron chi connectivity index (χ0n) is 13.8. The van der Waals surface area contributed by atoms with E-state index in [0.717, 1.165) is 26.1 Å². The lowest BCUT2D eigenvalue weighted by Crippen LogP contribution is -2.54. The van der Waals surface area contributed by atoms with E-state index in [4.69, 9.17) is 9.15 Å². The van der Waals surface area contributed by atoms with Gasteiger partial charge in [0.2, 0.25) is 5.89 Å². The smallest absolute Gasteiger partial charge is 0.318 e. The van der Waals surface area contributed by atoms with Gasteiger partial charge in [-0.3, -0.25) is 0 Å². The van der Waals surface area contributed by atoms with Gasteiger partial charge in [-0.05, 0) is 12.8 Å². The molecule has 1 aromatic rings. The number of rotatable bonds is 3. The van der Waals surface area contributed by atoms with Crippen LogP contribution in [0.5, 0.6) is 0 Å². The molecule has 0 bridgehead atoms. The van der Waals surface area contributed by atoms with E-state index in [0.29, 0.717) is 38.1 Å². The average molecular weight is 323 g/mol. The molecule has 1 N–H and O–H groups in total. The lowest BCUT2D eigenvalue weighted by molar-refractivity contribution is 0.0779. The van der Waals surface area contributed by atoms with Crippen LogP contribution in [-0.2, 0) is 4.74 Å². The Morgan fingerprint density at radius 3 is 2.48 bits per heavy atom. The highest BCUT2D eigenvalue weighted by Crippen LogP contribution is 2.19. The summed E-state index contributed by atoms with van der Waals surface area (Å²) in [5, 5.41) is 11.3. The van der Waals surface area contributed by atoms with Crippen molar-refractivity contribution in [2.45, 2.75) is 38.6 Å². The quantitative estimate of drug-likeness (QED) is 0.900. The predicted molar refractivity (Wildman–Crippen MR) is 84.5 cm³/mol. The first-order chi connectivity index (χ1) is 11.1. The summed E-state index contributed by atoms with van der Waals surface area (Å²) in [4.78, 5) is 16.2. The van der Waals surface area contributed by atoms with Crippen molar-refractivity contribution in [3.63, 3.8) is 0 Å². The van der Waals surface area contributed by atoms with Gasteiger partial charge >= 0.3 is 12.0 Å². The van der Waals surface area contributed by atoms with Crippen molar-refractivity contribution in [1.29, 1.82) is 0 Å². The largest absolute Gasteiger partial charge is 0.408 e. The molecule has 0 spiro atoms. The van der Waals surface area contributed by atoms with Gasteiger partial charge in [-0.2, -0.15) is 0 Å². The van der Waals surface area contributed by atoms with Crippen LogP contribution in [0.15, 0.2) is 4.42 Å². The van der Waals surface area contributed by atoms with E-state index in [-0.39, 0.29) is 18.0 Å². The van der Waals surface area contributed by atoms with E-state index in [2.05, 4.69) is 15.5 Å². The number of hydrogen-bond donors (Lipinski definition) is 1. The van der Waals surface area contributed by atoms with Gasteiger partial charge in [0.15, 0.2) is 0 Å². The zero-order chi connectivity index (χ0) is 16.2. The van der Waals surface area contributed by atoms with Crippen molar-refractivity contribution in [2.24, 2.45) is 0 Å². The highest BCUT2D eigenvalue weighted by Gasteiger charge is 2.26. The van der Waals surface area contributed by atoms with Crippen LogP contribution in [0, 0.1) is 0 Å². The van der Waals surface area contributed by atoms with Crippen LogP contribution in [0.3, 0.4) is 0 Å². The fraction of sp³-hybridized carbons (Fsp3) is 0.800. The number of nitrogens with one attached hydrogen (secondary N) is 1. The Labute approximate surface area is 136 Å². The van der Waals surface area contributed by atoms with Crippen LogP contribution >= 0.6 is 0 Å². The van der Waals surface area contributed by atoms with Crippen molar-refractivity contribution in [2.75, 3.05) is 44.3 Å². The molecule has 8 heteroatoms. The van der Waals surface area contributed by atoms with Crippen molar-refractivity contribution >= 4 is 12.0 Å². The summed E-state index contributed by atoms with van der Waals surface area (Å²) in [7, 11) is 0. The molecule has 0 unspecified atom stereocenters. The van der Waals surface area contributed by atoms with E-state index in [1.54, 1.807) is 0 Å². The number of urea groups is 1. The molecule has 23 heavy (non-hydrogen) atoms. The molecule has 0 atom stereocenters. The van der Waals surface area contributed by atoms with E-state index in [1.165, 1.54) is 0 Å². The molecular formula is C15H25N5O3. The first kappa shape index (κ1) is 16.0. The maximum absolute atomic E-state index is 12.3. The fourth-order valence-electron chi connectivity index (χ4n) is 2.80. The number of amides is 2. The molecule has 0 saturated carbocycles. The first-order valence-corrected chi connectivity index (χ1v) is 8.35. The van der Waals surface area contributed by atoms with Crippen LogP contribution in [-0.4, -0.2) is 66.6 Å². The summed E-state index contributed by atoms with van der Waals surface area (Å²) < 4.78 is 11.0. The topological polar surface area (TPSA) is 83.7 Å². The molecule has 0 aliphatic carbocycles. The lowest BCUT2D eigenvalue weighted by atomic mass is 10.1. The second-order valence-electron chi connectivity index (χ2n) is 6.39. The monoisotopic (exact) mass is 323 g/mol. The van der Waals surface area contributed by atoms with Gasteiger partial charge in [-0.15, -0.1) is 5.10 Å². The number of hydrogen-bond acceptors (Lipinski definition) is 6. The maximum atomic E-state index is 12.3. The van der Waals surface area contributed by atoms with Crippen LogP contribution in [0.25, 0.3) is 0 Å². The number of carbonyl (C=O) groups is 1. The van der Waals surface area contributed by atoms with Crippen molar-refractivity contribution in [3.8, 4) is 0 Å². The zero-order valence-corrected chi connectivity index (χ0v) is 13.8. The van der Waals surface area contributed by atoms with Gasteiger partial charge in [-0.1, -0.05) is 18.9 Å². The molecule has 0 radical (unpaired) electrons. The second kappa shape index (κ2) is 7.16. The van der Waals surface area contributed by atoms with Gasteiger partial charge < -0.3 is 24.3 Å². The maximum Gasteiger partial charge on any atom is 0.318 e. The van der Waals surface area contributed by atoms with E-state index >= 15 is 0 Å². The summed E-state index contributed by atoms with van der Waals surface area (Å²) >= 11 is 0. The van der Waals surface area contributed by atoms with Crippen molar-refractivity contribution < 1.29 is 13.9 Å². The third-order valence-corrected chi connectivity index (χ3v) is 4.31. The minimum absolute atomic E-state index is 0.0185. The Bertz CT molecular complexity index is 519. The number of piperazine rings is 1. The van der Waals surface area contributed by atoms with Crippen molar-refractivity contribution in [1.82, 2.24) is 20.4 Å². The van der Waals surface area contributed by atoms with Crippen LogP contribution in [0.2, 0.25) is 0 Å². The normalized spacial score (nSPS) is 20.1. The fourth-order valence-corrected chi connectivity index (χ4v) is 2.80. The number of aromatic nitrogens is 2. The number of carbonyl (C=O) groups excluding carboxylic acids is 1. The number of nitrogens with zero attached hydrogens (tertiary/aromatic N) is 4. The Kier molecular flexibility index (Phi) is 5.00. The second-order valence-corrected chi connectivity index (χ2v) is 6.39. The molecule has 2 saturated heterocycles. The Morgan fingerprint density at radius 2 is 1.87 bits per heavy atom. The SMILES string of the molecule is CC(C)c1nnc(N2CCN(C(=O)NC3CCOCC3)CC2)o1. The third kappa shape index (κ3) is 3.93. The number of anilines is 1. The standard InChI is InChI=1S/C15H25N5O3/c1-11(2)13-17-18-15(23-13)20-7-5-19(6-8-20)14(21)16-12-3-9-22-10-4-12/h11-12H,3-10H2,1-2H3,(H,16,21). The molecule has 2 aliphatic heterocycles. The van der Waals surface area contributed by atoms with Gasteiger partial charge in [-0.25, -0.2) is 4.79 Å². The van der Waals surface area contributed by atoms with Gasteiger partial charge in [0.05, 0.1) is 0 Å². The molecule has 2 fully saturated rings. The molecule has 0 aromatic carbocycles. The van der Waals surface area contributed by atoms with Crippen LogP contribution in [0.1, 0.15) is 38.5 Å². The predicted octanol–water partition coefficient (Wildman–Crippen LogP) is 1.20. The van der Waals surface area contributed by atoms with Crippen LogP contribution < -0.4 is 10.2 Å². The average Bonchev–Trinajstić information content (AvgIpc) is 3.06. The molecule has 2 aliphatic rings. The van der Waals surface area contributed by atoms with Crippen LogP contribution in [0.4, 0.5) is 10.8 Å². The van der Waals surface area contributed by atoms with E-state index in [9.17, 15) is 4.79 Å². The molecule has 3 heterocycles. The molecule has 3 rings (SSSR count). The number of ether oxygens (including phenoxy) is 1. The summed E-state index contributed by atoms with van der Waals surface area (Å²) in [5.74, 6) is 0.877. The summed E-state index contributed by atoms with van der Waals surface area (Å²) in [6, 6.07) is 0.807. The Hall–Kier alpha value is -1.83. The highest BCUT2D eigenvalue weighted by atomic mass is 16.5. The van der Waals surface area contributed by atoms with E-state index < -0.39 is 0 Å².